The first-order valence-electron chi connectivity index (χ1n) is 3.25. The standard InChI is InChI=1S/C6H16N2O.ClH/c1-7-3-4-8(2)5-6-9;/h7,9H,3-6H2,1-2H3;1H. The van der Waals surface area contributed by atoms with Gasteiger partial charge < -0.3 is 15.3 Å². The van der Waals surface area contributed by atoms with Crippen LogP contribution in [0.4, 0.5) is 0 Å². The van der Waals surface area contributed by atoms with E-state index in [0.717, 1.165) is 19.6 Å². The molecule has 0 atom stereocenters. The van der Waals surface area contributed by atoms with Crippen molar-refractivity contribution in [3.05, 3.63) is 0 Å². The molecule has 0 aromatic heterocycles. The zero-order valence-electron chi connectivity index (χ0n) is 6.63. The molecule has 0 radical (unpaired) electrons. The highest BCUT2D eigenvalue weighted by molar-refractivity contribution is 5.85. The van der Waals surface area contributed by atoms with Crippen LogP contribution in [0, 0.1) is 0 Å². The molecule has 0 aliphatic rings. The van der Waals surface area contributed by atoms with E-state index in [-0.39, 0.29) is 19.0 Å². The minimum atomic E-state index is 0. The summed E-state index contributed by atoms with van der Waals surface area (Å²) in [5.74, 6) is 0. The Hall–Kier alpha value is 0.170. The van der Waals surface area contributed by atoms with Crippen molar-refractivity contribution < 1.29 is 5.11 Å². The first-order valence-corrected chi connectivity index (χ1v) is 3.25. The number of likely N-dealkylation sites (N-methyl/N-ethyl adjacent to an activating group) is 2. The van der Waals surface area contributed by atoms with Gasteiger partial charge in [0, 0.05) is 19.6 Å². The summed E-state index contributed by atoms with van der Waals surface area (Å²) in [6, 6.07) is 0. The molecular weight excluding hydrogens is 152 g/mol. The summed E-state index contributed by atoms with van der Waals surface area (Å²) >= 11 is 0. The SMILES string of the molecule is CNCCN(C)CCO.Cl. The van der Waals surface area contributed by atoms with Gasteiger partial charge in [-0.15, -0.1) is 12.4 Å². The Balaban J connectivity index is 0. The van der Waals surface area contributed by atoms with Crippen LogP contribution in [0.5, 0.6) is 0 Å². The third-order valence-electron chi connectivity index (χ3n) is 1.23. The minimum absolute atomic E-state index is 0. The molecule has 64 valence electrons. The van der Waals surface area contributed by atoms with Crippen LogP contribution in [0.15, 0.2) is 0 Å². The zero-order valence-corrected chi connectivity index (χ0v) is 7.45. The largest absolute Gasteiger partial charge is 0.395 e. The van der Waals surface area contributed by atoms with Crippen LogP contribution in [0.3, 0.4) is 0 Å². The topological polar surface area (TPSA) is 35.5 Å². The molecule has 0 saturated heterocycles. The molecule has 2 N–H and O–H groups in total. The van der Waals surface area contributed by atoms with Crippen molar-refractivity contribution in [1.29, 1.82) is 0 Å². The Kier molecular flexibility index (Phi) is 11.7. The number of nitrogens with one attached hydrogen (secondary N) is 1. The third kappa shape index (κ3) is 8.17. The van der Waals surface area contributed by atoms with Crippen LogP contribution in [0.2, 0.25) is 0 Å². The monoisotopic (exact) mass is 168 g/mol. The summed E-state index contributed by atoms with van der Waals surface area (Å²) in [5, 5.41) is 11.5. The van der Waals surface area contributed by atoms with Crippen molar-refractivity contribution in [2.24, 2.45) is 0 Å². The van der Waals surface area contributed by atoms with Crippen molar-refractivity contribution in [3.8, 4) is 0 Å². The van der Waals surface area contributed by atoms with Crippen LogP contribution in [0.25, 0.3) is 0 Å². The van der Waals surface area contributed by atoms with Crippen molar-refractivity contribution >= 4 is 12.4 Å². The van der Waals surface area contributed by atoms with E-state index in [0.29, 0.717) is 0 Å². The molecule has 0 aliphatic heterocycles. The summed E-state index contributed by atoms with van der Waals surface area (Å²) in [7, 11) is 3.92. The van der Waals surface area contributed by atoms with E-state index in [1.165, 1.54) is 0 Å². The van der Waals surface area contributed by atoms with Crippen LogP contribution in [-0.2, 0) is 0 Å². The highest BCUT2D eigenvalue weighted by Crippen LogP contribution is 1.76. The Labute approximate surface area is 68.8 Å². The Morgan fingerprint density at radius 2 is 2.00 bits per heavy atom. The van der Waals surface area contributed by atoms with Gasteiger partial charge in [-0.2, -0.15) is 0 Å². The summed E-state index contributed by atoms with van der Waals surface area (Å²) in [6.07, 6.45) is 0. The Bertz CT molecular complexity index is 63.7. The molecule has 0 amide bonds. The summed E-state index contributed by atoms with van der Waals surface area (Å²) in [5.41, 5.74) is 0. The second kappa shape index (κ2) is 9.17. The van der Waals surface area contributed by atoms with Crippen molar-refractivity contribution in [3.63, 3.8) is 0 Å². The summed E-state index contributed by atoms with van der Waals surface area (Å²) in [6.45, 7) is 3.00. The van der Waals surface area contributed by atoms with E-state index >= 15 is 0 Å². The van der Waals surface area contributed by atoms with E-state index in [1.54, 1.807) is 0 Å². The van der Waals surface area contributed by atoms with Gasteiger partial charge in [0.2, 0.25) is 0 Å². The van der Waals surface area contributed by atoms with Crippen molar-refractivity contribution in [2.75, 3.05) is 40.3 Å². The van der Waals surface area contributed by atoms with Crippen molar-refractivity contribution in [1.82, 2.24) is 10.2 Å². The maximum Gasteiger partial charge on any atom is 0.0558 e. The molecule has 0 spiro atoms. The second-order valence-electron chi connectivity index (χ2n) is 2.13. The molecule has 0 aromatic carbocycles. The van der Waals surface area contributed by atoms with Gasteiger partial charge in [-0.3, -0.25) is 0 Å². The third-order valence-corrected chi connectivity index (χ3v) is 1.23. The lowest BCUT2D eigenvalue weighted by molar-refractivity contribution is 0.222. The normalized spacial score (nSPS) is 9.60. The fourth-order valence-electron chi connectivity index (χ4n) is 0.585. The minimum Gasteiger partial charge on any atom is -0.395 e. The molecule has 3 nitrogen and oxygen atoms in total. The molecular formula is C6H17ClN2O. The lowest BCUT2D eigenvalue weighted by Gasteiger charge is -2.13. The first-order chi connectivity index (χ1) is 4.31. The van der Waals surface area contributed by atoms with Gasteiger partial charge in [0.05, 0.1) is 6.61 Å². The highest BCUT2D eigenvalue weighted by atomic mass is 35.5. The molecule has 0 unspecified atom stereocenters. The predicted octanol–water partition coefficient (Wildman–Crippen LogP) is -0.448. The molecule has 0 aliphatic carbocycles. The highest BCUT2D eigenvalue weighted by Gasteiger charge is 1.92. The molecule has 0 aromatic rings. The van der Waals surface area contributed by atoms with E-state index in [1.807, 2.05) is 14.1 Å². The smallest absolute Gasteiger partial charge is 0.0558 e. The van der Waals surface area contributed by atoms with Gasteiger partial charge >= 0.3 is 0 Å². The lowest BCUT2D eigenvalue weighted by Crippen LogP contribution is -2.29. The number of aliphatic hydroxyl groups is 1. The Morgan fingerprint density at radius 3 is 2.40 bits per heavy atom. The van der Waals surface area contributed by atoms with Gasteiger partial charge in [0.1, 0.15) is 0 Å². The van der Waals surface area contributed by atoms with E-state index in [9.17, 15) is 0 Å². The van der Waals surface area contributed by atoms with E-state index < -0.39 is 0 Å². The number of rotatable bonds is 5. The number of aliphatic hydroxyl groups excluding tert-OH is 1. The molecule has 0 heterocycles. The number of nitrogens with zero attached hydrogens (tertiary/aromatic N) is 1. The maximum absolute atomic E-state index is 8.47. The van der Waals surface area contributed by atoms with Gasteiger partial charge in [-0.25, -0.2) is 0 Å². The average Bonchev–Trinajstić information content (AvgIpc) is 1.85. The summed E-state index contributed by atoms with van der Waals surface area (Å²) in [4.78, 5) is 2.08. The van der Waals surface area contributed by atoms with E-state index in [2.05, 4.69) is 10.2 Å². The molecule has 10 heavy (non-hydrogen) atoms. The van der Waals surface area contributed by atoms with Gasteiger partial charge in [-0.1, -0.05) is 0 Å². The number of halogens is 1. The fourth-order valence-corrected chi connectivity index (χ4v) is 0.585. The van der Waals surface area contributed by atoms with Crippen LogP contribution >= 0.6 is 12.4 Å². The quantitative estimate of drug-likeness (QED) is 0.584. The number of hydrogen-bond donors (Lipinski definition) is 2. The van der Waals surface area contributed by atoms with Gasteiger partial charge in [0.15, 0.2) is 0 Å². The fraction of sp³-hybridized carbons (Fsp3) is 1.00. The second-order valence-corrected chi connectivity index (χ2v) is 2.13. The lowest BCUT2D eigenvalue weighted by atomic mass is 10.5. The molecule has 0 saturated carbocycles. The summed E-state index contributed by atoms with van der Waals surface area (Å²) < 4.78 is 0. The molecule has 0 bridgehead atoms. The van der Waals surface area contributed by atoms with Gasteiger partial charge in [-0.05, 0) is 14.1 Å². The molecule has 0 fully saturated rings. The van der Waals surface area contributed by atoms with E-state index in [4.69, 9.17) is 5.11 Å². The first kappa shape index (κ1) is 12.8. The average molecular weight is 169 g/mol. The van der Waals surface area contributed by atoms with Crippen LogP contribution in [-0.4, -0.2) is 50.3 Å². The number of hydrogen-bond acceptors (Lipinski definition) is 3. The van der Waals surface area contributed by atoms with Crippen LogP contribution in [0.1, 0.15) is 0 Å². The Morgan fingerprint density at radius 1 is 1.40 bits per heavy atom. The predicted molar refractivity (Wildman–Crippen MR) is 45.8 cm³/mol. The maximum atomic E-state index is 8.47. The van der Waals surface area contributed by atoms with Crippen LogP contribution < -0.4 is 5.32 Å². The molecule has 4 heteroatoms. The molecule has 0 rings (SSSR count). The van der Waals surface area contributed by atoms with Crippen molar-refractivity contribution in [2.45, 2.75) is 0 Å². The zero-order chi connectivity index (χ0) is 7.11. The van der Waals surface area contributed by atoms with Gasteiger partial charge in [0.25, 0.3) is 0 Å².